The number of nitrogens with zero attached hydrogens (tertiary/aromatic N) is 1. The molecule has 3 aromatic carbocycles. The van der Waals surface area contributed by atoms with Crippen molar-refractivity contribution in [2.75, 3.05) is 25.7 Å². The van der Waals surface area contributed by atoms with Crippen LogP contribution in [0, 0.1) is 0 Å². The van der Waals surface area contributed by atoms with Crippen molar-refractivity contribution in [1.29, 1.82) is 0 Å². The second-order valence-corrected chi connectivity index (χ2v) is 8.29. The van der Waals surface area contributed by atoms with Crippen molar-refractivity contribution < 1.29 is 28.9 Å². The molecule has 1 aliphatic rings. The Hall–Kier alpha value is -4.26. The standard InChI is InChI=1S/C29H29NO6/c1-4-36-25-18-20(11-17-24(25)35-3)27-26(23(31)16-10-19-8-6-5-7-9-19)28(32)29(33)30(27)21-12-14-22(34-2)15-13-21/h5-9,11-15,17-18,27,32H,4,10,16H2,1-3H3. The number of anilines is 1. The highest BCUT2D eigenvalue weighted by Gasteiger charge is 2.44. The number of aryl methyl sites for hydroxylation is 1. The maximum absolute atomic E-state index is 13.5. The molecule has 186 valence electrons. The van der Waals surface area contributed by atoms with Crippen molar-refractivity contribution in [2.45, 2.75) is 25.8 Å². The fourth-order valence-corrected chi connectivity index (χ4v) is 4.38. The summed E-state index contributed by atoms with van der Waals surface area (Å²) in [7, 11) is 3.10. The molecule has 0 aromatic heterocycles. The smallest absolute Gasteiger partial charge is 0.294 e. The van der Waals surface area contributed by atoms with Gasteiger partial charge in [-0.25, -0.2) is 0 Å². The minimum atomic E-state index is -0.834. The fraction of sp³-hybridized carbons (Fsp3) is 0.241. The van der Waals surface area contributed by atoms with Crippen LogP contribution in [-0.2, 0) is 16.0 Å². The topological polar surface area (TPSA) is 85.3 Å². The Labute approximate surface area is 210 Å². The molecule has 0 bridgehead atoms. The lowest BCUT2D eigenvalue weighted by Gasteiger charge is -2.27. The molecule has 0 saturated heterocycles. The van der Waals surface area contributed by atoms with Gasteiger partial charge in [0.1, 0.15) is 5.75 Å². The van der Waals surface area contributed by atoms with Gasteiger partial charge in [0.05, 0.1) is 32.4 Å². The number of ether oxygens (including phenoxy) is 3. The highest BCUT2D eigenvalue weighted by Crippen LogP contribution is 2.43. The minimum Gasteiger partial charge on any atom is -0.503 e. The molecular formula is C29H29NO6. The summed E-state index contributed by atoms with van der Waals surface area (Å²) in [6.45, 7) is 2.27. The first-order valence-corrected chi connectivity index (χ1v) is 11.8. The minimum absolute atomic E-state index is 0.0689. The maximum Gasteiger partial charge on any atom is 0.294 e. The van der Waals surface area contributed by atoms with E-state index >= 15 is 0 Å². The molecule has 0 fully saturated rings. The number of benzene rings is 3. The number of carbonyl (C=O) groups is 2. The zero-order chi connectivity index (χ0) is 25.7. The van der Waals surface area contributed by atoms with E-state index in [1.54, 1.807) is 56.7 Å². The second kappa shape index (κ2) is 11.0. The van der Waals surface area contributed by atoms with Gasteiger partial charge < -0.3 is 19.3 Å². The molecule has 1 N–H and O–H groups in total. The van der Waals surface area contributed by atoms with Crippen molar-refractivity contribution in [3.63, 3.8) is 0 Å². The summed E-state index contributed by atoms with van der Waals surface area (Å²) in [5, 5.41) is 10.9. The quantitative estimate of drug-likeness (QED) is 0.423. The molecule has 7 nitrogen and oxygen atoms in total. The third-order valence-corrected chi connectivity index (χ3v) is 6.15. The van der Waals surface area contributed by atoms with Gasteiger partial charge in [-0.05, 0) is 60.9 Å². The van der Waals surface area contributed by atoms with Gasteiger partial charge in [0, 0.05) is 12.1 Å². The predicted molar refractivity (Wildman–Crippen MR) is 137 cm³/mol. The Bertz CT molecular complexity index is 1270. The molecule has 1 atom stereocenters. The van der Waals surface area contributed by atoms with E-state index in [0.717, 1.165) is 5.56 Å². The number of ketones is 1. The molecule has 0 radical (unpaired) electrons. The first-order chi connectivity index (χ1) is 17.5. The molecule has 1 amide bonds. The number of hydrogen-bond donors (Lipinski definition) is 1. The molecule has 0 aliphatic carbocycles. The largest absolute Gasteiger partial charge is 0.503 e. The number of hydrogen-bond acceptors (Lipinski definition) is 6. The van der Waals surface area contributed by atoms with Crippen molar-refractivity contribution in [1.82, 2.24) is 0 Å². The lowest BCUT2D eigenvalue weighted by atomic mass is 9.92. The third kappa shape index (κ3) is 4.91. The lowest BCUT2D eigenvalue weighted by molar-refractivity contribution is -0.118. The average molecular weight is 488 g/mol. The van der Waals surface area contributed by atoms with E-state index in [9.17, 15) is 14.7 Å². The molecule has 1 unspecified atom stereocenters. The number of aliphatic hydroxyl groups excluding tert-OH is 1. The zero-order valence-electron chi connectivity index (χ0n) is 20.6. The SMILES string of the molecule is CCOc1cc(C2C(C(=O)CCc3ccccc3)=C(O)C(=O)N2c2ccc(OC)cc2)ccc1OC. The van der Waals surface area contributed by atoms with Crippen LogP contribution in [0.4, 0.5) is 5.69 Å². The summed E-state index contributed by atoms with van der Waals surface area (Å²) >= 11 is 0. The molecule has 0 saturated carbocycles. The van der Waals surface area contributed by atoms with Crippen molar-refractivity contribution in [2.24, 2.45) is 0 Å². The summed E-state index contributed by atoms with van der Waals surface area (Å²) in [6, 6.07) is 21.0. The Balaban J connectivity index is 1.77. The second-order valence-electron chi connectivity index (χ2n) is 8.29. The van der Waals surface area contributed by atoms with Gasteiger partial charge >= 0.3 is 0 Å². The molecule has 1 heterocycles. The molecular weight excluding hydrogens is 458 g/mol. The van der Waals surface area contributed by atoms with Gasteiger partial charge in [-0.2, -0.15) is 0 Å². The Morgan fingerprint density at radius 3 is 2.31 bits per heavy atom. The van der Waals surface area contributed by atoms with Crippen LogP contribution < -0.4 is 19.1 Å². The highest BCUT2D eigenvalue weighted by atomic mass is 16.5. The zero-order valence-corrected chi connectivity index (χ0v) is 20.6. The number of carbonyl (C=O) groups excluding carboxylic acids is 2. The average Bonchev–Trinajstić information content (AvgIpc) is 3.18. The number of Topliss-reactive ketones (excluding diaryl/α,β-unsaturated/α-hetero) is 1. The summed E-state index contributed by atoms with van der Waals surface area (Å²) in [6.07, 6.45) is 0.644. The van der Waals surface area contributed by atoms with Crippen LogP contribution in [0.1, 0.15) is 30.5 Å². The van der Waals surface area contributed by atoms with Crippen LogP contribution in [0.25, 0.3) is 0 Å². The number of methoxy groups -OCH3 is 2. The normalized spacial score (nSPS) is 15.2. The van der Waals surface area contributed by atoms with E-state index < -0.39 is 17.7 Å². The van der Waals surface area contributed by atoms with E-state index in [0.29, 0.717) is 41.5 Å². The fourth-order valence-electron chi connectivity index (χ4n) is 4.38. The highest BCUT2D eigenvalue weighted by molar-refractivity contribution is 6.16. The molecule has 1 aliphatic heterocycles. The Morgan fingerprint density at radius 2 is 1.67 bits per heavy atom. The Morgan fingerprint density at radius 1 is 0.944 bits per heavy atom. The monoisotopic (exact) mass is 487 g/mol. The van der Waals surface area contributed by atoms with Crippen molar-refractivity contribution in [3.05, 3.63) is 95.3 Å². The van der Waals surface area contributed by atoms with Crippen LogP contribution in [0.2, 0.25) is 0 Å². The van der Waals surface area contributed by atoms with E-state index in [2.05, 4.69) is 0 Å². The van der Waals surface area contributed by atoms with E-state index in [-0.39, 0.29) is 17.8 Å². The third-order valence-electron chi connectivity index (χ3n) is 6.15. The summed E-state index contributed by atoms with van der Waals surface area (Å²) < 4.78 is 16.4. The molecule has 7 heteroatoms. The summed E-state index contributed by atoms with van der Waals surface area (Å²) in [5.74, 6) is 0.179. The van der Waals surface area contributed by atoms with Gasteiger partial charge in [0.15, 0.2) is 23.0 Å². The van der Waals surface area contributed by atoms with Crippen LogP contribution >= 0.6 is 0 Å². The van der Waals surface area contributed by atoms with Gasteiger partial charge in [-0.15, -0.1) is 0 Å². The van der Waals surface area contributed by atoms with E-state index in [1.165, 1.54) is 4.90 Å². The van der Waals surface area contributed by atoms with Gasteiger partial charge in [-0.3, -0.25) is 14.5 Å². The van der Waals surface area contributed by atoms with Crippen molar-refractivity contribution in [3.8, 4) is 17.2 Å². The maximum atomic E-state index is 13.5. The summed E-state index contributed by atoms with van der Waals surface area (Å²) in [5.41, 5.74) is 2.22. The van der Waals surface area contributed by atoms with Gasteiger partial charge in [-0.1, -0.05) is 36.4 Å². The van der Waals surface area contributed by atoms with Crippen LogP contribution in [0.5, 0.6) is 17.2 Å². The molecule has 4 rings (SSSR count). The van der Waals surface area contributed by atoms with E-state index in [1.807, 2.05) is 37.3 Å². The molecule has 3 aromatic rings. The first kappa shape index (κ1) is 24.9. The number of rotatable bonds is 10. The van der Waals surface area contributed by atoms with Crippen LogP contribution in [-0.4, -0.2) is 37.6 Å². The van der Waals surface area contributed by atoms with Crippen LogP contribution in [0.3, 0.4) is 0 Å². The molecule has 0 spiro atoms. The van der Waals surface area contributed by atoms with Crippen molar-refractivity contribution >= 4 is 17.4 Å². The van der Waals surface area contributed by atoms with Crippen LogP contribution in [0.15, 0.2) is 84.1 Å². The van der Waals surface area contributed by atoms with E-state index in [4.69, 9.17) is 14.2 Å². The predicted octanol–water partition coefficient (Wildman–Crippen LogP) is 5.20. The first-order valence-electron chi connectivity index (χ1n) is 11.8. The molecule has 36 heavy (non-hydrogen) atoms. The van der Waals surface area contributed by atoms with Gasteiger partial charge in [0.2, 0.25) is 0 Å². The summed E-state index contributed by atoms with van der Waals surface area (Å²) in [4.78, 5) is 28.3. The Kier molecular flexibility index (Phi) is 7.59. The lowest BCUT2D eigenvalue weighted by Crippen LogP contribution is -2.31. The van der Waals surface area contributed by atoms with Gasteiger partial charge in [0.25, 0.3) is 5.91 Å². The number of amides is 1. The number of aliphatic hydroxyl groups is 1.